The van der Waals surface area contributed by atoms with Crippen LogP contribution in [0.4, 0.5) is 0 Å². The normalized spacial score (nSPS) is 13.3. The molecule has 0 aromatic heterocycles. The van der Waals surface area contributed by atoms with Gasteiger partial charge in [-0.2, -0.15) is 0 Å². The summed E-state index contributed by atoms with van der Waals surface area (Å²) in [4.78, 5) is 20.3. The molecule has 0 aliphatic carbocycles. The van der Waals surface area contributed by atoms with E-state index in [1.165, 1.54) is 0 Å². The number of hydrogen-bond acceptors (Lipinski definition) is 0. The van der Waals surface area contributed by atoms with Crippen LogP contribution in [0.5, 0.6) is 0 Å². The third-order valence-corrected chi connectivity index (χ3v) is 71.8. The van der Waals surface area contributed by atoms with E-state index >= 15 is 0 Å². The minimum absolute atomic E-state index is 0.860. The Hall–Kier alpha value is 3.19. The van der Waals surface area contributed by atoms with Gasteiger partial charge in [-0.05, 0) is 0 Å². The summed E-state index contributed by atoms with van der Waals surface area (Å²) in [6, 6.07) is 0. The van der Waals surface area contributed by atoms with Crippen molar-refractivity contribution in [2.24, 2.45) is 0 Å². The van der Waals surface area contributed by atoms with Crippen molar-refractivity contribution in [3.63, 3.8) is 0 Å². The summed E-state index contributed by atoms with van der Waals surface area (Å²) in [6.07, 6.45) is 0. The molecule has 0 saturated carbocycles. The summed E-state index contributed by atoms with van der Waals surface area (Å²) in [6.45, 7) is 10.0. The average Bonchev–Trinajstić information content (AvgIpc) is 2.17. The van der Waals surface area contributed by atoms with Crippen molar-refractivity contribution >= 4 is 79.0 Å². The molecule has 0 aliphatic rings. The molecule has 4 radical (unpaired) electrons. The second-order valence-electron chi connectivity index (χ2n) is 7.25. The fourth-order valence-electron chi connectivity index (χ4n) is 1.00. The van der Waals surface area contributed by atoms with Gasteiger partial charge in [0.2, 0.25) is 0 Å². The summed E-state index contributed by atoms with van der Waals surface area (Å²) in [5.74, 6) is 0. The van der Waals surface area contributed by atoms with E-state index in [-0.39, 0.29) is 0 Å². The topological polar surface area (TPSA) is 0 Å². The Kier molecular flexibility index (Phi) is 13.1. The van der Waals surface area contributed by atoms with Crippen LogP contribution in [-0.2, 0) is 0 Å². The fourth-order valence-corrected chi connectivity index (χ4v) is 45.0. The van der Waals surface area contributed by atoms with Crippen molar-refractivity contribution in [1.82, 2.24) is 0 Å². The van der Waals surface area contributed by atoms with Gasteiger partial charge >= 0.3 is 149 Å². The zero-order valence-corrected chi connectivity index (χ0v) is 26.4. The van der Waals surface area contributed by atoms with Gasteiger partial charge in [0.1, 0.15) is 0 Å². The number of hydrogen-bond donors (Lipinski definition) is 0. The average molecular weight is 679 g/mol. The van der Waals surface area contributed by atoms with Crippen molar-refractivity contribution in [2.75, 3.05) is 0 Å². The van der Waals surface area contributed by atoms with Crippen LogP contribution in [0.1, 0.15) is 27.7 Å². The summed E-state index contributed by atoms with van der Waals surface area (Å²) in [5.41, 5.74) is 0. The van der Waals surface area contributed by atoms with E-state index in [0.29, 0.717) is 0 Å². The molecule has 0 nitrogen and oxygen atoms in total. The molecule has 0 atom stereocenters. The monoisotopic (exact) mass is 684 g/mol. The van der Waals surface area contributed by atoms with Gasteiger partial charge in [-0.3, -0.25) is 0 Å². The molecule has 0 aromatic rings. The molecule has 0 bridgehead atoms. The molecule has 0 fully saturated rings. The maximum absolute atomic E-state index is 2.54. The van der Waals surface area contributed by atoms with Gasteiger partial charge in [0.05, 0.1) is 0 Å². The summed E-state index contributed by atoms with van der Waals surface area (Å²) < 4.78 is 1.79. The van der Waals surface area contributed by atoms with Crippen LogP contribution >= 0.6 is 0 Å². The summed E-state index contributed by atoms with van der Waals surface area (Å²) in [5, 5.41) is 0. The molecular weight excluding hydrogens is 643 g/mol. The van der Waals surface area contributed by atoms with Crippen molar-refractivity contribution in [3.8, 4) is 0 Å². The van der Waals surface area contributed by atoms with E-state index in [4.69, 9.17) is 0 Å². The second-order valence-corrected chi connectivity index (χ2v) is 52.5. The molecule has 0 amide bonds. The van der Waals surface area contributed by atoms with E-state index < -0.39 is 79.0 Å². The van der Waals surface area contributed by atoms with Gasteiger partial charge in [-0.1, -0.05) is 0 Å². The van der Waals surface area contributed by atoms with Gasteiger partial charge in [0.25, 0.3) is 0 Å². The first-order chi connectivity index (χ1) is 7.77. The van der Waals surface area contributed by atoms with Gasteiger partial charge in [0, 0.05) is 0 Å². The third kappa shape index (κ3) is 8.59. The van der Waals surface area contributed by atoms with Crippen LogP contribution in [0.15, 0.2) is 0 Å². The Morgan fingerprint density at radius 2 is 0.500 bits per heavy atom. The van der Waals surface area contributed by atoms with Crippen LogP contribution in [-0.4, -0.2) is 79.0 Å². The van der Waals surface area contributed by atoms with Crippen LogP contribution in [0.25, 0.3) is 0 Å². The number of rotatable bonds is 4. The molecular formula is C14H36Sn4. The van der Waals surface area contributed by atoms with E-state index in [1.807, 2.05) is 0 Å². The Bertz CT molecular complexity index is 174. The first-order valence-electron chi connectivity index (χ1n) is 7.00. The van der Waals surface area contributed by atoms with Crippen LogP contribution in [0.3, 0.4) is 0 Å². The molecule has 0 heterocycles. The van der Waals surface area contributed by atoms with Crippen LogP contribution in [0.2, 0.25) is 42.4 Å². The minimum atomic E-state index is -0.860. The molecule has 4 heteroatoms. The van der Waals surface area contributed by atoms with Crippen molar-refractivity contribution in [1.29, 1.82) is 0 Å². The molecule has 18 heavy (non-hydrogen) atoms. The van der Waals surface area contributed by atoms with Crippen LogP contribution in [0, 0.1) is 0 Å². The molecule has 0 saturated heterocycles. The molecule has 0 spiro atoms. The molecule has 0 aliphatic heterocycles. The summed E-state index contributed by atoms with van der Waals surface area (Å²) in [7, 11) is 0. The van der Waals surface area contributed by atoms with Crippen LogP contribution < -0.4 is 0 Å². The predicted molar refractivity (Wildman–Crippen MR) is 98.0 cm³/mol. The van der Waals surface area contributed by atoms with Crippen molar-refractivity contribution < 1.29 is 0 Å². The maximum atomic E-state index is 2.54. The molecule has 108 valence electrons. The fraction of sp³-hybridized carbons (Fsp3) is 1.00. The van der Waals surface area contributed by atoms with Crippen molar-refractivity contribution in [2.45, 2.75) is 70.1 Å². The van der Waals surface area contributed by atoms with Gasteiger partial charge < -0.3 is 0 Å². The Morgan fingerprint density at radius 3 is 0.500 bits per heavy atom. The Morgan fingerprint density at radius 1 is 0.389 bits per heavy atom. The van der Waals surface area contributed by atoms with Gasteiger partial charge in [0.15, 0.2) is 0 Å². The second kappa shape index (κ2) is 10.1. The third-order valence-electron chi connectivity index (χ3n) is 5.00. The zero-order valence-electron chi connectivity index (χ0n) is 15.0. The quantitative estimate of drug-likeness (QED) is 0.339. The Labute approximate surface area is 146 Å². The summed E-state index contributed by atoms with van der Waals surface area (Å²) >= 11 is -3.44. The SMILES string of the molecule is [CH3][Sn]([CH3])[C](C)(C)[Sn]([CH3])[CH3].[CH3][Sn]([CH3])[C](C)(C)[Sn]([CH3])[CH3]. The standard InChI is InChI=1S/2C3H6.8CH3.4Sn/c2*1-3-2;;;;;;;;;;;;/h2*1-2H3;8*1H3;;;;. The molecule has 0 N–H and O–H groups in total. The van der Waals surface area contributed by atoms with Gasteiger partial charge in [-0.15, -0.1) is 0 Å². The molecule has 0 aromatic carbocycles. The molecule has 0 unspecified atom stereocenters. The van der Waals surface area contributed by atoms with Gasteiger partial charge in [-0.25, -0.2) is 0 Å². The Balaban J connectivity index is 0. The van der Waals surface area contributed by atoms with E-state index in [1.54, 1.807) is 0 Å². The predicted octanol–water partition coefficient (Wildman–Crippen LogP) is 5.63. The van der Waals surface area contributed by atoms with E-state index in [0.717, 1.165) is 2.89 Å². The first-order valence-corrected chi connectivity index (χ1v) is 35.5. The van der Waals surface area contributed by atoms with Crippen molar-refractivity contribution in [3.05, 3.63) is 0 Å². The van der Waals surface area contributed by atoms with E-state index in [2.05, 4.69) is 67.2 Å². The van der Waals surface area contributed by atoms with E-state index in [9.17, 15) is 0 Å². The zero-order chi connectivity index (χ0) is 15.3. The first kappa shape index (κ1) is 23.5. The molecule has 0 rings (SSSR count).